The highest BCUT2D eigenvalue weighted by atomic mass is 32.1. The van der Waals surface area contributed by atoms with Crippen molar-refractivity contribution in [2.45, 2.75) is 18.9 Å². The predicted molar refractivity (Wildman–Crippen MR) is 111 cm³/mol. The lowest BCUT2D eigenvalue weighted by Gasteiger charge is -2.17. The van der Waals surface area contributed by atoms with Gasteiger partial charge in [-0.05, 0) is 42.3 Å². The summed E-state index contributed by atoms with van der Waals surface area (Å²) in [5, 5.41) is 28.0. The quantitative estimate of drug-likeness (QED) is 0.215. The average Bonchev–Trinajstić information content (AvgIpc) is 3.14. The van der Waals surface area contributed by atoms with Crippen molar-refractivity contribution in [1.29, 1.82) is 0 Å². The van der Waals surface area contributed by atoms with Crippen LogP contribution in [0.5, 0.6) is 0 Å². The Morgan fingerprint density at radius 3 is 2.52 bits per heavy atom. The van der Waals surface area contributed by atoms with Crippen molar-refractivity contribution in [3.8, 4) is 0 Å². The first kappa shape index (κ1) is 22.0. The van der Waals surface area contributed by atoms with E-state index in [2.05, 4.69) is 10.6 Å². The molecule has 1 aliphatic carbocycles. The van der Waals surface area contributed by atoms with Crippen LogP contribution in [0, 0.1) is 26.0 Å². The number of non-ortho nitro benzene ring substituents is 2. The first-order valence-corrected chi connectivity index (χ1v) is 9.59. The van der Waals surface area contributed by atoms with Gasteiger partial charge in [-0.15, -0.1) is 0 Å². The van der Waals surface area contributed by atoms with Crippen LogP contribution in [-0.2, 0) is 11.2 Å². The van der Waals surface area contributed by atoms with Crippen LogP contribution in [0.25, 0.3) is 0 Å². The largest absolute Gasteiger partial charge is 0.460 e. The van der Waals surface area contributed by atoms with E-state index in [4.69, 9.17) is 17.0 Å². The second-order valence-corrected chi connectivity index (χ2v) is 7.10. The summed E-state index contributed by atoms with van der Waals surface area (Å²) < 4.78 is 18.8. The van der Waals surface area contributed by atoms with Crippen molar-refractivity contribution in [3.05, 3.63) is 79.1 Å². The Bertz CT molecular complexity index is 1030. The highest BCUT2D eigenvalue weighted by Crippen LogP contribution is 2.32. The number of nitro benzene ring substituents is 2. The lowest BCUT2D eigenvalue weighted by molar-refractivity contribution is -0.394. The second-order valence-electron chi connectivity index (χ2n) is 6.69. The Balaban J connectivity index is 1.50. The molecule has 0 saturated heterocycles. The number of hydrogen-bond donors (Lipinski definition) is 2. The van der Waals surface area contributed by atoms with Crippen LogP contribution in [-0.4, -0.2) is 34.1 Å². The minimum atomic E-state index is -0.937. The number of fused-ring (bicyclic) bond motifs is 1. The zero-order valence-corrected chi connectivity index (χ0v) is 16.8. The van der Waals surface area contributed by atoms with Crippen LogP contribution < -0.4 is 10.6 Å². The molecule has 0 bridgehead atoms. The number of thiocarbonyl (C=S) groups is 1. The zero-order valence-electron chi connectivity index (χ0n) is 16.0. The fraction of sp³-hybridized carbons (Fsp3) is 0.263. The van der Waals surface area contributed by atoms with Gasteiger partial charge in [0.2, 0.25) is 0 Å². The summed E-state index contributed by atoms with van der Waals surface area (Å²) in [6.07, 6.45) is 1.30. The molecule has 2 aromatic rings. The summed E-state index contributed by atoms with van der Waals surface area (Å²) in [4.78, 5) is 32.3. The van der Waals surface area contributed by atoms with E-state index >= 15 is 0 Å². The third kappa shape index (κ3) is 5.28. The number of carbonyl (C=O) groups is 1. The molecule has 0 aliphatic heterocycles. The highest BCUT2D eigenvalue weighted by Gasteiger charge is 2.25. The number of nitrogens with one attached hydrogen (secondary N) is 2. The molecule has 3 rings (SSSR count). The number of esters is 1. The van der Waals surface area contributed by atoms with Crippen LogP contribution in [0.2, 0.25) is 0 Å². The van der Waals surface area contributed by atoms with Crippen molar-refractivity contribution in [2.75, 3.05) is 13.2 Å². The Morgan fingerprint density at radius 2 is 1.87 bits per heavy atom. The molecular weight excluding hydrogens is 431 g/mol. The van der Waals surface area contributed by atoms with E-state index in [0.717, 1.165) is 23.8 Å². The number of nitrogens with zero attached hydrogens (tertiary/aromatic N) is 2. The van der Waals surface area contributed by atoms with E-state index in [1.54, 1.807) is 6.07 Å². The first-order chi connectivity index (χ1) is 14.8. The summed E-state index contributed by atoms with van der Waals surface area (Å²) in [5.74, 6) is -1.18. The van der Waals surface area contributed by atoms with Gasteiger partial charge in [0.05, 0.1) is 34.1 Å². The third-order valence-electron chi connectivity index (χ3n) is 4.70. The molecule has 0 radical (unpaired) electrons. The van der Waals surface area contributed by atoms with Gasteiger partial charge in [0.1, 0.15) is 12.4 Å². The first-order valence-electron chi connectivity index (χ1n) is 9.19. The molecule has 0 amide bonds. The van der Waals surface area contributed by atoms with Crippen LogP contribution in [0.1, 0.15) is 33.9 Å². The minimum Gasteiger partial charge on any atom is -0.460 e. The fourth-order valence-corrected chi connectivity index (χ4v) is 3.53. The van der Waals surface area contributed by atoms with Crippen LogP contribution >= 0.6 is 12.2 Å². The van der Waals surface area contributed by atoms with E-state index in [0.29, 0.717) is 23.5 Å². The molecule has 2 aromatic carbocycles. The maximum atomic E-state index is 13.8. The van der Waals surface area contributed by atoms with Gasteiger partial charge in [-0.25, -0.2) is 9.18 Å². The molecule has 2 N–H and O–H groups in total. The molecule has 1 unspecified atom stereocenters. The molecule has 1 atom stereocenters. The van der Waals surface area contributed by atoms with E-state index < -0.39 is 27.2 Å². The van der Waals surface area contributed by atoms with E-state index in [9.17, 15) is 29.4 Å². The average molecular weight is 448 g/mol. The maximum Gasteiger partial charge on any atom is 0.338 e. The van der Waals surface area contributed by atoms with Gasteiger partial charge in [-0.1, -0.05) is 12.1 Å². The smallest absolute Gasteiger partial charge is 0.338 e. The highest BCUT2D eigenvalue weighted by molar-refractivity contribution is 7.80. The molecule has 12 heteroatoms. The van der Waals surface area contributed by atoms with Crippen molar-refractivity contribution in [3.63, 3.8) is 0 Å². The van der Waals surface area contributed by atoms with Crippen LogP contribution in [0.4, 0.5) is 15.8 Å². The molecule has 0 saturated carbocycles. The summed E-state index contributed by atoms with van der Waals surface area (Å²) in [6.45, 7) is 0.00431. The van der Waals surface area contributed by atoms with Gasteiger partial charge in [-0.2, -0.15) is 0 Å². The van der Waals surface area contributed by atoms with Gasteiger partial charge in [-0.3, -0.25) is 20.2 Å². The Morgan fingerprint density at radius 1 is 1.19 bits per heavy atom. The van der Waals surface area contributed by atoms with Crippen LogP contribution in [0.3, 0.4) is 0 Å². The summed E-state index contributed by atoms with van der Waals surface area (Å²) in [7, 11) is 0. The van der Waals surface area contributed by atoms with E-state index in [1.165, 1.54) is 6.07 Å². The van der Waals surface area contributed by atoms with Gasteiger partial charge >= 0.3 is 5.97 Å². The van der Waals surface area contributed by atoms with Gasteiger partial charge in [0.25, 0.3) is 11.4 Å². The molecular formula is C19H17FN4O6S. The molecule has 162 valence electrons. The predicted octanol–water partition coefficient (Wildman–Crippen LogP) is 2.95. The van der Waals surface area contributed by atoms with Gasteiger partial charge in [0, 0.05) is 12.1 Å². The number of benzene rings is 2. The summed E-state index contributed by atoms with van der Waals surface area (Å²) >= 11 is 5.21. The zero-order chi connectivity index (χ0) is 22.5. The fourth-order valence-electron chi connectivity index (χ4n) is 3.28. The monoisotopic (exact) mass is 448 g/mol. The number of nitro groups is 2. The van der Waals surface area contributed by atoms with Crippen LogP contribution in [0.15, 0.2) is 36.4 Å². The Kier molecular flexibility index (Phi) is 6.70. The lowest BCUT2D eigenvalue weighted by atomic mass is 10.1. The van der Waals surface area contributed by atoms with Crippen molar-refractivity contribution in [2.24, 2.45) is 0 Å². The third-order valence-corrected chi connectivity index (χ3v) is 4.96. The molecule has 0 fully saturated rings. The van der Waals surface area contributed by atoms with Crippen molar-refractivity contribution in [1.82, 2.24) is 10.6 Å². The number of halogens is 1. The Hall–Kier alpha value is -3.67. The molecule has 0 aromatic heterocycles. The molecule has 0 heterocycles. The van der Waals surface area contributed by atoms with Gasteiger partial charge in [0.15, 0.2) is 5.11 Å². The minimum absolute atomic E-state index is 0.126. The Labute approximate surface area is 180 Å². The summed E-state index contributed by atoms with van der Waals surface area (Å²) in [6, 6.07) is 7.35. The number of carbonyl (C=O) groups excluding carboxylic acids is 1. The molecule has 10 nitrogen and oxygen atoms in total. The number of hydrogen-bond acceptors (Lipinski definition) is 7. The molecule has 1 aliphatic rings. The SMILES string of the molecule is O=C(OCCNC(=S)NC1CCc2c(F)cccc21)c1cc([N+](=O)[O-])cc([N+](=O)[O-])c1. The normalized spacial score (nSPS) is 14.4. The second kappa shape index (κ2) is 9.43. The molecule has 31 heavy (non-hydrogen) atoms. The number of ether oxygens (including phenoxy) is 1. The summed E-state index contributed by atoms with van der Waals surface area (Å²) in [5.41, 5.74) is 0.0488. The van der Waals surface area contributed by atoms with E-state index in [1.807, 2.05) is 6.07 Å². The topological polar surface area (TPSA) is 137 Å². The molecule has 0 spiro atoms. The maximum absolute atomic E-state index is 13.8. The standard InChI is InChI=1S/C19H17FN4O6S/c20-16-3-1-2-15-14(16)4-5-17(15)22-19(31)21-6-7-30-18(25)11-8-12(23(26)27)10-13(9-11)24(28)29/h1-3,8-10,17H,4-7H2,(H2,21,22,31). The number of rotatable bonds is 7. The van der Waals surface area contributed by atoms with Crippen molar-refractivity contribution >= 4 is 34.7 Å². The van der Waals surface area contributed by atoms with Gasteiger partial charge < -0.3 is 15.4 Å². The van der Waals surface area contributed by atoms with Crippen molar-refractivity contribution < 1.29 is 23.8 Å². The lowest BCUT2D eigenvalue weighted by Crippen LogP contribution is -2.38. The van der Waals surface area contributed by atoms with E-state index in [-0.39, 0.29) is 30.6 Å².